The molecule has 1 aromatic heterocycles. The van der Waals surface area contributed by atoms with Crippen LogP contribution in [0.5, 0.6) is 0 Å². The molecule has 0 radical (unpaired) electrons. The summed E-state index contributed by atoms with van der Waals surface area (Å²) < 4.78 is 4.68. The van der Waals surface area contributed by atoms with Gasteiger partial charge in [0.1, 0.15) is 0 Å². The van der Waals surface area contributed by atoms with Crippen molar-refractivity contribution in [1.82, 2.24) is 0 Å². The van der Waals surface area contributed by atoms with Crippen LogP contribution >= 0.6 is 11.3 Å². The average molecular weight is 262 g/mol. The number of nitrogen functional groups attached to an aromatic ring is 1. The van der Waals surface area contributed by atoms with Gasteiger partial charge in [-0.2, -0.15) is 0 Å². The van der Waals surface area contributed by atoms with Gasteiger partial charge in [0.25, 0.3) is 0 Å². The van der Waals surface area contributed by atoms with Crippen LogP contribution in [-0.2, 0) is 11.3 Å². The highest BCUT2D eigenvalue weighted by Crippen LogP contribution is 2.22. The number of thiophene rings is 1. The summed E-state index contributed by atoms with van der Waals surface area (Å²) in [5.74, 6) is -0.367. The average Bonchev–Trinajstić information content (AvgIpc) is 2.90. The van der Waals surface area contributed by atoms with E-state index in [0.29, 0.717) is 17.8 Å². The van der Waals surface area contributed by atoms with Crippen LogP contribution < -0.4 is 11.1 Å². The molecule has 0 aliphatic carbocycles. The smallest absolute Gasteiger partial charge is 0.337 e. The maximum absolute atomic E-state index is 11.4. The third-order valence-electron chi connectivity index (χ3n) is 2.51. The Balaban J connectivity index is 2.13. The molecular weight excluding hydrogens is 248 g/mol. The molecular formula is C13H14N2O2S. The molecule has 0 aliphatic heterocycles. The van der Waals surface area contributed by atoms with Gasteiger partial charge in [-0.25, -0.2) is 4.79 Å². The normalized spacial score (nSPS) is 10.1. The Hall–Kier alpha value is -2.01. The van der Waals surface area contributed by atoms with Crippen molar-refractivity contribution >= 4 is 28.7 Å². The minimum absolute atomic E-state index is 0.367. The van der Waals surface area contributed by atoms with Crippen molar-refractivity contribution in [3.05, 3.63) is 46.2 Å². The number of hydrogen-bond donors (Lipinski definition) is 2. The Morgan fingerprint density at radius 1 is 1.44 bits per heavy atom. The van der Waals surface area contributed by atoms with Gasteiger partial charge < -0.3 is 15.8 Å². The van der Waals surface area contributed by atoms with Crippen LogP contribution in [0.1, 0.15) is 15.2 Å². The van der Waals surface area contributed by atoms with Crippen LogP contribution in [0.3, 0.4) is 0 Å². The number of esters is 1. The minimum atomic E-state index is -0.367. The molecule has 3 N–H and O–H groups in total. The molecule has 1 heterocycles. The van der Waals surface area contributed by atoms with Gasteiger partial charge in [-0.3, -0.25) is 0 Å². The van der Waals surface area contributed by atoms with Gasteiger partial charge in [-0.1, -0.05) is 6.07 Å². The van der Waals surface area contributed by atoms with Gasteiger partial charge in [0, 0.05) is 11.4 Å². The Bertz CT molecular complexity index is 538. The van der Waals surface area contributed by atoms with Crippen LogP contribution in [0.25, 0.3) is 0 Å². The van der Waals surface area contributed by atoms with E-state index < -0.39 is 0 Å². The van der Waals surface area contributed by atoms with Crippen LogP contribution in [0.15, 0.2) is 35.7 Å². The predicted molar refractivity (Wildman–Crippen MR) is 73.8 cm³/mol. The van der Waals surface area contributed by atoms with E-state index in [0.717, 1.165) is 5.69 Å². The van der Waals surface area contributed by atoms with E-state index in [1.54, 1.807) is 29.5 Å². The third-order valence-corrected chi connectivity index (χ3v) is 3.38. The maximum Gasteiger partial charge on any atom is 0.337 e. The van der Waals surface area contributed by atoms with Gasteiger partial charge in [-0.15, -0.1) is 11.3 Å². The summed E-state index contributed by atoms with van der Waals surface area (Å²) in [6.07, 6.45) is 0. The number of methoxy groups -OCH3 is 1. The number of nitrogens with two attached hydrogens (primary N) is 1. The van der Waals surface area contributed by atoms with Crippen LogP contribution in [0.2, 0.25) is 0 Å². The van der Waals surface area contributed by atoms with Crippen molar-refractivity contribution in [2.45, 2.75) is 6.54 Å². The van der Waals surface area contributed by atoms with Crippen LogP contribution in [-0.4, -0.2) is 13.1 Å². The lowest BCUT2D eigenvalue weighted by molar-refractivity contribution is 0.0601. The first-order valence-electron chi connectivity index (χ1n) is 5.45. The number of carbonyl (C=O) groups excluding carboxylic acids is 1. The molecule has 0 bridgehead atoms. The van der Waals surface area contributed by atoms with E-state index in [4.69, 9.17) is 5.73 Å². The zero-order chi connectivity index (χ0) is 13.0. The first-order valence-corrected chi connectivity index (χ1v) is 6.33. The van der Waals surface area contributed by atoms with Gasteiger partial charge in [0.15, 0.2) is 0 Å². The molecule has 4 nitrogen and oxygen atoms in total. The molecule has 0 saturated carbocycles. The number of rotatable bonds is 4. The van der Waals surface area contributed by atoms with E-state index in [1.165, 1.54) is 12.0 Å². The third kappa shape index (κ3) is 2.81. The van der Waals surface area contributed by atoms with Crippen molar-refractivity contribution in [3.8, 4) is 0 Å². The topological polar surface area (TPSA) is 64.3 Å². The Morgan fingerprint density at radius 2 is 2.28 bits per heavy atom. The van der Waals surface area contributed by atoms with Crippen molar-refractivity contribution < 1.29 is 9.53 Å². The largest absolute Gasteiger partial charge is 0.465 e. The molecule has 0 spiro atoms. The van der Waals surface area contributed by atoms with E-state index in [9.17, 15) is 4.79 Å². The van der Waals surface area contributed by atoms with Crippen molar-refractivity contribution in [3.63, 3.8) is 0 Å². The molecule has 0 fully saturated rings. The summed E-state index contributed by atoms with van der Waals surface area (Å²) in [6.45, 7) is 0.687. The SMILES string of the molecule is COC(=O)c1ccc(N)c(NCc2cccs2)c1. The lowest BCUT2D eigenvalue weighted by atomic mass is 10.1. The molecule has 0 aliphatic rings. The lowest BCUT2D eigenvalue weighted by Gasteiger charge is -2.09. The minimum Gasteiger partial charge on any atom is -0.465 e. The second kappa shape index (κ2) is 5.55. The molecule has 2 aromatic rings. The fraction of sp³-hybridized carbons (Fsp3) is 0.154. The number of benzene rings is 1. The van der Waals surface area contributed by atoms with Crippen LogP contribution in [0, 0.1) is 0 Å². The molecule has 0 unspecified atom stereocenters. The molecule has 0 amide bonds. The van der Waals surface area contributed by atoms with Gasteiger partial charge in [-0.05, 0) is 29.6 Å². The molecule has 5 heteroatoms. The maximum atomic E-state index is 11.4. The zero-order valence-corrected chi connectivity index (χ0v) is 10.8. The highest BCUT2D eigenvalue weighted by Gasteiger charge is 2.08. The standard InChI is InChI=1S/C13H14N2O2S/c1-17-13(16)9-4-5-11(14)12(7-9)15-8-10-3-2-6-18-10/h2-7,15H,8,14H2,1H3. The van der Waals surface area contributed by atoms with E-state index >= 15 is 0 Å². The number of anilines is 2. The molecule has 2 rings (SSSR count). The van der Waals surface area contributed by atoms with Crippen molar-refractivity contribution in [2.24, 2.45) is 0 Å². The summed E-state index contributed by atoms with van der Waals surface area (Å²) in [4.78, 5) is 12.6. The Labute approximate surface area is 109 Å². The first kappa shape index (κ1) is 12.4. The number of carbonyl (C=O) groups is 1. The first-order chi connectivity index (χ1) is 8.70. The highest BCUT2D eigenvalue weighted by molar-refractivity contribution is 7.09. The second-order valence-electron chi connectivity index (χ2n) is 3.73. The lowest BCUT2D eigenvalue weighted by Crippen LogP contribution is -2.05. The summed E-state index contributed by atoms with van der Waals surface area (Å²) in [6, 6.07) is 9.09. The molecule has 1 aromatic carbocycles. The quantitative estimate of drug-likeness (QED) is 0.657. The zero-order valence-electron chi connectivity index (χ0n) is 9.97. The van der Waals surface area contributed by atoms with E-state index in [2.05, 4.69) is 10.1 Å². The number of ether oxygens (including phenoxy) is 1. The summed E-state index contributed by atoms with van der Waals surface area (Å²) in [7, 11) is 1.36. The van der Waals surface area contributed by atoms with Gasteiger partial charge in [0.05, 0.1) is 24.0 Å². The Kier molecular flexibility index (Phi) is 3.84. The predicted octanol–water partition coefficient (Wildman–Crippen LogP) is 2.73. The molecule has 0 saturated heterocycles. The van der Waals surface area contributed by atoms with Crippen LogP contribution in [0.4, 0.5) is 11.4 Å². The fourth-order valence-electron chi connectivity index (χ4n) is 1.55. The van der Waals surface area contributed by atoms with Crippen molar-refractivity contribution in [1.29, 1.82) is 0 Å². The number of nitrogens with one attached hydrogen (secondary N) is 1. The van der Waals surface area contributed by atoms with Gasteiger partial charge >= 0.3 is 5.97 Å². The fourth-order valence-corrected chi connectivity index (χ4v) is 2.19. The van der Waals surface area contributed by atoms with Crippen molar-refractivity contribution in [2.75, 3.05) is 18.2 Å². The Morgan fingerprint density at radius 3 is 2.94 bits per heavy atom. The monoisotopic (exact) mass is 262 g/mol. The second-order valence-corrected chi connectivity index (χ2v) is 4.76. The van der Waals surface area contributed by atoms with Gasteiger partial charge in [0.2, 0.25) is 0 Å². The molecule has 94 valence electrons. The summed E-state index contributed by atoms with van der Waals surface area (Å²) in [5.41, 5.74) is 7.70. The number of hydrogen-bond acceptors (Lipinski definition) is 5. The molecule has 18 heavy (non-hydrogen) atoms. The highest BCUT2D eigenvalue weighted by atomic mass is 32.1. The molecule has 0 atom stereocenters. The summed E-state index contributed by atoms with van der Waals surface area (Å²) >= 11 is 1.67. The van der Waals surface area contributed by atoms with E-state index in [1.807, 2.05) is 17.5 Å². The van der Waals surface area contributed by atoms with E-state index in [-0.39, 0.29) is 5.97 Å². The summed E-state index contributed by atoms with van der Waals surface area (Å²) in [5, 5.41) is 5.23.